The molecule has 0 aromatic rings. The average molecular weight is 308 g/mol. The van der Waals surface area contributed by atoms with Crippen LogP contribution in [0.3, 0.4) is 0 Å². The first-order chi connectivity index (χ1) is 9.47. The second kappa shape index (κ2) is 11.0. The van der Waals surface area contributed by atoms with Crippen LogP contribution in [0, 0.1) is 0 Å². The van der Waals surface area contributed by atoms with Gasteiger partial charge in [0.1, 0.15) is 11.9 Å². The summed E-state index contributed by atoms with van der Waals surface area (Å²) in [7, 11) is 0.716. The van der Waals surface area contributed by atoms with Crippen LogP contribution in [0.2, 0.25) is 0 Å². The number of ether oxygens (including phenoxy) is 1. The van der Waals surface area contributed by atoms with Gasteiger partial charge in [-0.05, 0) is 12.8 Å². The van der Waals surface area contributed by atoms with Gasteiger partial charge in [-0.25, -0.2) is 0 Å². The first kappa shape index (κ1) is 19.3. The van der Waals surface area contributed by atoms with E-state index in [0.717, 1.165) is 32.1 Å². The van der Waals surface area contributed by atoms with Gasteiger partial charge in [0.25, 0.3) is 0 Å². The molecule has 0 saturated carbocycles. The standard InChI is InChI=1S/C13H25O6P/c1-17-13(15)10-8-6-4-5-7-9-12(14)11-20(16,18-2)19-3/h4-11H2,1-3H3. The van der Waals surface area contributed by atoms with Crippen molar-refractivity contribution in [3.63, 3.8) is 0 Å². The van der Waals surface area contributed by atoms with Crippen LogP contribution in [0.15, 0.2) is 0 Å². The van der Waals surface area contributed by atoms with E-state index in [9.17, 15) is 14.2 Å². The molecule has 0 atom stereocenters. The minimum atomic E-state index is -3.22. The van der Waals surface area contributed by atoms with Crippen molar-refractivity contribution in [2.45, 2.75) is 44.9 Å². The number of ketones is 1. The molecule has 20 heavy (non-hydrogen) atoms. The third-order valence-electron chi connectivity index (χ3n) is 2.99. The van der Waals surface area contributed by atoms with Gasteiger partial charge in [-0.2, -0.15) is 0 Å². The van der Waals surface area contributed by atoms with Crippen LogP contribution in [-0.2, 0) is 27.9 Å². The number of hydrogen-bond donors (Lipinski definition) is 0. The number of carbonyl (C=O) groups is 2. The van der Waals surface area contributed by atoms with E-state index in [1.165, 1.54) is 21.3 Å². The summed E-state index contributed by atoms with van der Waals surface area (Å²) in [5, 5.41) is 0. The Balaban J connectivity index is 3.58. The van der Waals surface area contributed by atoms with Crippen molar-refractivity contribution < 1.29 is 27.9 Å². The molecular weight excluding hydrogens is 283 g/mol. The lowest BCUT2D eigenvalue weighted by Gasteiger charge is -2.12. The molecule has 0 aliphatic carbocycles. The first-order valence-electron chi connectivity index (χ1n) is 6.76. The van der Waals surface area contributed by atoms with Crippen molar-refractivity contribution in [3.05, 3.63) is 0 Å². The van der Waals surface area contributed by atoms with Crippen LogP contribution in [-0.4, -0.2) is 39.2 Å². The molecule has 7 heteroatoms. The summed E-state index contributed by atoms with van der Waals surface area (Å²) in [4.78, 5) is 22.5. The Morgan fingerprint density at radius 2 is 1.35 bits per heavy atom. The molecule has 0 fully saturated rings. The molecule has 0 N–H and O–H groups in total. The number of esters is 1. The van der Waals surface area contributed by atoms with Gasteiger partial charge in [-0.1, -0.05) is 19.3 Å². The maximum atomic E-state index is 11.7. The van der Waals surface area contributed by atoms with E-state index >= 15 is 0 Å². The Morgan fingerprint density at radius 1 is 0.850 bits per heavy atom. The monoisotopic (exact) mass is 308 g/mol. The number of unbranched alkanes of at least 4 members (excludes halogenated alkanes) is 4. The highest BCUT2D eigenvalue weighted by atomic mass is 31.2. The quantitative estimate of drug-likeness (QED) is 0.313. The van der Waals surface area contributed by atoms with E-state index in [4.69, 9.17) is 9.05 Å². The number of Topliss-reactive ketones (excluding diaryl/α,β-unsaturated/α-hetero) is 1. The van der Waals surface area contributed by atoms with Gasteiger partial charge in [-0.3, -0.25) is 14.2 Å². The SMILES string of the molecule is COC(=O)CCCCCCCC(=O)CP(=O)(OC)OC. The Bertz CT molecular complexity index is 334. The molecule has 0 rings (SSSR count). The molecule has 0 spiro atoms. The predicted molar refractivity (Wildman–Crippen MR) is 75.8 cm³/mol. The first-order valence-corrected chi connectivity index (χ1v) is 8.49. The lowest BCUT2D eigenvalue weighted by atomic mass is 10.1. The smallest absolute Gasteiger partial charge is 0.337 e. The minimum absolute atomic E-state index is 0.105. The van der Waals surface area contributed by atoms with Crippen molar-refractivity contribution in [2.75, 3.05) is 27.5 Å². The summed E-state index contributed by atoms with van der Waals surface area (Å²) < 4.78 is 25.7. The molecule has 118 valence electrons. The van der Waals surface area contributed by atoms with E-state index in [2.05, 4.69) is 4.74 Å². The molecule has 0 unspecified atom stereocenters. The predicted octanol–water partition coefficient (Wildman–Crippen LogP) is 2.95. The Labute approximate surface area is 120 Å². The average Bonchev–Trinajstić information content (AvgIpc) is 2.45. The highest BCUT2D eigenvalue weighted by Crippen LogP contribution is 2.46. The van der Waals surface area contributed by atoms with Gasteiger partial charge in [0, 0.05) is 27.1 Å². The van der Waals surface area contributed by atoms with Crippen molar-refractivity contribution in [2.24, 2.45) is 0 Å². The summed E-state index contributed by atoms with van der Waals surface area (Å²) in [5.74, 6) is -0.290. The zero-order chi connectivity index (χ0) is 15.4. The molecule has 0 aromatic carbocycles. The number of hydrogen-bond acceptors (Lipinski definition) is 6. The molecule has 0 saturated heterocycles. The molecule has 0 amide bonds. The third-order valence-corrected chi connectivity index (χ3v) is 4.84. The van der Waals surface area contributed by atoms with Crippen molar-refractivity contribution >= 4 is 19.3 Å². The third kappa shape index (κ3) is 9.23. The molecule has 0 bridgehead atoms. The van der Waals surface area contributed by atoms with Crippen LogP contribution >= 0.6 is 7.60 Å². The van der Waals surface area contributed by atoms with E-state index in [0.29, 0.717) is 12.8 Å². The van der Waals surface area contributed by atoms with Crippen LogP contribution in [0.4, 0.5) is 0 Å². The highest BCUT2D eigenvalue weighted by molar-refractivity contribution is 7.54. The summed E-state index contributed by atoms with van der Waals surface area (Å²) >= 11 is 0. The molecule has 0 heterocycles. The topological polar surface area (TPSA) is 78.9 Å². The van der Waals surface area contributed by atoms with Crippen molar-refractivity contribution in [1.29, 1.82) is 0 Å². The lowest BCUT2D eigenvalue weighted by molar-refractivity contribution is -0.140. The van der Waals surface area contributed by atoms with E-state index in [-0.39, 0.29) is 17.9 Å². The summed E-state index contributed by atoms with van der Waals surface area (Å²) in [5.41, 5.74) is 0. The fourth-order valence-corrected chi connectivity index (χ4v) is 2.72. The summed E-state index contributed by atoms with van der Waals surface area (Å²) in [6.07, 6.45) is 5.05. The fourth-order valence-electron chi connectivity index (χ4n) is 1.72. The van der Waals surface area contributed by atoms with E-state index in [1.807, 2.05) is 0 Å². The Hall–Kier alpha value is -0.710. The summed E-state index contributed by atoms with van der Waals surface area (Å²) in [6, 6.07) is 0. The van der Waals surface area contributed by atoms with Gasteiger partial charge in [0.2, 0.25) is 0 Å². The minimum Gasteiger partial charge on any atom is -0.469 e. The van der Waals surface area contributed by atoms with Gasteiger partial charge in [-0.15, -0.1) is 0 Å². The van der Waals surface area contributed by atoms with Gasteiger partial charge in [0.15, 0.2) is 0 Å². The van der Waals surface area contributed by atoms with Crippen LogP contribution in [0.25, 0.3) is 0 Å². The second-order valence-electron chi connectivity index (χ2n) is 4.52. The highest BCUT2D eigenvalue weighted by Gasteiger charge is 2.24. The number of rotatable bonds is 12. The van der Waals surface area contributed by atoms with E-state index in [1.54, 1.807) is 0 Å². The zero-order valence-corrected chi connectivity index (χ0v) is 13.4. The molecule has 0 radical (unpaired) electrons. The number of methoxy groups -OCH3 is 1. The Morgan fingerprint density at radius 3 is 1.85 bits per heavy atom. The van der Waals surface area contributed by atoms with Crippen LogP contribution in [0.5, 0.6) is 0 Å². The van der Waals surface area contributed by atoms with Crippen LogP contribution < -0.4 is 0 Å². The van der Waals surface area contributed by atoms with E-state index < -0.39 is 7.60 Å². The Kier molecular flexibility index (Phi) is 10.6. The van der Waals surface area contributed by atoms with Gasteiger partial charge < -0.3 is 13.8 Å². The molecule has 0 aliphatic rings. The molecule has 0 aliphatic heterocycles. The van der Waals surface area contributed by atoms with Crippen molar-refractivity contribution in [3.8, 4) is 0 Å². The molecular formula is C13H25O6P. The van der Waals surface area contributed by atoms with Gasteiger partial charge in [0.05, 0.1) is 7.11 Å². The largest absolute Gasteiger partial charge is 0.469 e. The van der Waals surface area contributed by atoms with Gasteiger partial charge >= 0.3 is 13.6 Å². The number of carbonyl (C=O) groups excluding carboxylic acids is 2. The van der Waals surface area contributed by atoms with Crippen molar-refractivity contribution in [1.82, 2.24) is 0 Å². The van der Waals surface area contributed by atoms with Crippen LogP contribution in [0.1, 0.15) is 44.9 Å². The normalized spacial score (nSPS) is 11.3. The molecule has 6 nitrogen and oxygen atoms in total. The fraction of sp³-hybridized carbons (Fsp3) is 0.846. The zero-order valence-electron chi connectivity index (χ0n) is 12.6. The molecule has 0 aromatic heterocycles. The lowest BCUT2D eigenvalue weighted by Crippen LogP contribution is -2.07. The maximum absolute atomic E-state index is 11.7. The second-order valence-corrected chi connectivity index (χ2v) is 6.79. The summed E-state index contributed by atoms with van der Waals surface area (Å²) in [6.45, 7) is 0. The maximum Gasteiger partial charge on any atom is 0.337 e.